The highest BCUT2D eigenvalue weighted by atomic mass is 19.1. The van der Waals surface area contributed by atoms with Gasteiger partial charge in [0, 0.05) is 11.3 Å². The van der Waals surface area contributed by atoms with E-state index >= 15 is 0 Å². The molecule has 0 radical (unpaired) electrons. The molecule has 4 rings (SSSR count). The number of hydrogen-bond acceptors (Lipinski definition) is 3. The number of para-hydroxylation sites is 1. The standard InChI is InChI=1S/C22H16FN3O3/c1-13-11-15(23)8-10-18(13)24-20(27)14-7-9-17-19(12-14)25-22(29)26(21(17)28)16-5-3-2-4-6-16/h2-12H,1H3,(H,24,27)(H,25,29). The maximum absolute atomic E-state index is 13.2. The summed E-state index contributed by atoms with van der Waals surface area (Å²) in [5.74, 6) is -0.826. The van der Waals surface area contributed by atoms with Gasteiger partial charge in [0.15, 0.2) is 0 Å². The van der Waals surface area contributed by atoms with Gasteiger partial charge < -0.3 is 10.3 Å². The first-order valence-electron chi connectivity index (χ1n) is 8.86. The average Bonchev–Trinajstić information content (AvgIpc) is 2.70. The number of carbonyl (C=O) groups excluding carboxylic acids is 1. The highest BCUT2D eigenvalue weighted by Crippen LogP contribution is 2.18. The van der Waals surface area contributed by atoms with Crippen molar-refractivity contribution in [1.29, 1.82) is 0 Å². The Morgan fingerprint density at radius 1 is 1.00 bits per heavy atom. The Balaban J connectivity index is 1.74. The van der Waals surface area contributed by atoms with Crippen LogP contribution in [0.5, 0.6) is 0 Å². The van der Waals surface area contributed by atoms with Gasteiger partial charge in [0.2, 0.25) is 0 Å². The number of aromatic nitrogens is 2. The summed E-state index contributed by atoms with van der Waals surface area (Å²) in [5.41, 5.74) is 0.957. The van der Waals surface area contributed by atoms with Crippen LogP contribution < -0.4 is 16.6 Å². The number of benzene rings is 3. The molecular formula is C22H16FN3O3. The van der Waals surface area contributed by atoms with Gasteiger partial charge in [-0.25, -0.2) is 13.8 Å². The molecule has 0 spiro atoms. The van der Waals surface area contributed by atoms with Gasteiger partial charge in [0.1, 0.15) is 5.82 Å². The second-order valence-electron chi connectivity index (χ2n) is 6.58. The summed E-state index contributed by atoms with van der Waals surface area (Å²) in [7, 11) is 0. The Bertz CT molecular complexity index is 1360. The molecule has 1 aromatic heterocycles. The van der Waals surface area contributed by atoms with Crippen molar-refractivity contribution in [3.8, 4) is 5.69 Å². The minimum absolute atomic E-state index is 0.258. The van der Waals surface area contributed by atoms with Crippen LogP contribution >= 0.6 is 0 Å². The maximum Gasteiger partial charge on any atom is 0.333 e. The molecule has 0 bridgehead atoms. The highest BCUT2D eigenvalue weighted by Gasteiger charge is 2.13. The molecule has 144 valence electrons. The van der Waals surface area contributed by atoms with Crippen LogP contribution in [0.3, 0.4) is 0 Å². The predicted octanol–water partition coefficient (Wildman–Crippen LogP) is 3.38. The van der Waals surface area contributed by atoms with Gasteiger partial charge in [-0.05, 0) is 61.0 Å². The molecule has 0 saturated heterocycles. The molecule has 4 aromatic rings. The lowest BCUT2D eigenvalue weighted by Crippen LogP contribution is -2.33. The van der Waals surface area contributed by atoms with Crippen LogP contribution in [0.15, 0.2) is 76.3 Å². The van der Waals surface area contributed by atoms with Gasteiger partial charge in [0.05, 0.1) is 16.6 Å². The number of carbonyl (C=O) groups is 1. The lowest BCUT2D eigenvalue weighted by atomic mass is 10.1. The number of rotatable bonds is 3. The summed E-state index contributed by atoms with van der Waals surface area (Å²) in [6.45, 7) is 1.68. The summed E-state index contributed by atoms with van der Waals surface area (Å²) >= 11 is 0. The number of nitrogens with one attached hydrogen (secondary N) is 2. The van der Waals surface area contributed by atoms with Crippen molar-refractivity contribution in [2.24, 2.45) is 0 Å². The molecule has 0 fully saturated rings. The van der Waals surface area contributed by atoms with Gasteiger partial charge in [-0.2, -0.15) is 0 Å². The summed E-state index contributed by atoms with van der Waals surface area (Å²) in [4.78, 5) is 40.5. The Morgan fingerprint density at radius 3 is 2.48 bits per heavy atom. The van der Waals surface area contributed by atoms with E-state index in [-0.39, 0.29) is 16.5 Å². The summed E-state index contributed by atoms with van der Waals surface area (Å²) in [6.07, 6.45) is 0. The number of nitrogens with zero attached hydrogens (tertiary/aromatic N) is 1. The van der Waals surface area contributed by atoms with E-state index in [0.717, 1.165) is 4.57 Å². The monoisotopic (exact) mass is 389 g/mol. The van der Waals surface area contributed by atoms with Crippen molar-refractivity contribution in [1.82, 2.24) is 9.55 Å². The van der Waals surface area contributed by atoms with Gasteiger partial charge in [0.25, 0.3) is 11.5 Å². The molecule has 0 unspecified atom stereocenters. The van der Waals surface area contributed by atoms with E-state index < -0.39 is 23.0 Å². The van der Waals surface area contributed by atoms with E-state index in [2.05, 4.69) is 10.3 Å². The molecule has 6 nitrogen and oxygen atoms in total. The number of H-pyrrole nitrogens is 1. The van der Waals surface area contributed by atoms with Crippen molar-refractivity contribution in [3.05, 3.63) is 105 Å². The fourth-order valence-corrected chi connectivity index (χ4v) is 3.13. The first-order chi connectivity index (χ1) is 13.9. The highest BCUT2D eigenvalue weighted by molar-refractivity contribution is 6.06. The summed E-state index contributed by atoms with van der Waals surface area (Å²) in [5, 5.41) is 2.98. The largest absolute Gasteiger partial charge is 0.333 e. The molecule has 2 N–H and O–H groups in total. The van der Waals surface area contributed by atoms with Gasteiger partial charge in [-0.3, -0.25) is 9.59 Å². The fraction of sp³-hybridized carbons (Fsp3) is 0.0455. The third kappa shape index (κ3) is 3.45. The van der Waals surface area contributed by atoms with Crippen LogP contribution in [0.1, 0.15) is 15.9 Å². The van der Waals surface area contributed by atoms with Gasteiger partial charge in [-0.1, -0.05) is 18.2 Å². The minimum Gasteiger partial charge on any atom is -0.322 e. The maximum atomic E-state index is 13.2. The van der Waals surface area contributed by atoms with Crippen molar-refractivity contribution in [2.45, 2.75) is 6.92 Å². The molecular weight excluding hydrogens is 373 g/mol. The Labute approximate surface area is 164 Å². The normalized spacial score (nSPS) is 10.8. The van der Waals surface area contributed by atoms with Crippen LogP contribution in [0.2, 0.25) is 0 Å². The molecule has 0 aliphatic carbocycles. The predicted molar refractivity (Wildman–Crippen MR) is 109 cm³/mol. The fourth-order valence-electron chi connectivity index (χ4n) is 3.13. The third-order valence-corrected chi connectivity index (χ3v) is 4.61. The number of halogens is 1. The topological polar surface area (TPSA) is 84.0 Å². The zero-order valence-electron chi connectivity index (χ0n) is 15.4. The molecule has 29 heavy (non-hydrogen) atoms. The number of aromatic amines is 1. The SMILES string of the molecule is Cc1cc(F)ccc1NC(=O)c1ccc2c(=O)n(-c3ccccc3)c(=O)[nH]c2c1. The summed E-state index contributed by atoms with van der Waals surface area (Å²) in [6, 6.07) is 17.1. The second kappa shape index (κ2) is 7.20. The lowest BCUT2D eigenvalue weighted by Gasteiger charge is -2.10. The first-order valence-corrected chi connectivity index (χ1v) is 8.86. The van der Waals surface area contributed by atoms with Crippen LogP contribution in [0.25, 0.3) is 16.6 Å². The number of hydrogen-bond donors (Lipinski definition) is 2. The van der Waals surface area contributed by atoms with E-state index in [1.165, 1.54) is 36.4 Å². The van der Waals surface area contributed by atoms with Crippen LogP contribution in [0, 0.1) is 12.7 Å². The average molecular weight is 389 g/mol. The zero-order valence-corrected chi connectivity index (χ0v) is 15.4. The zero-order chi connectivity index (χ0) is 20.5. The van der Waals surface area contributed by atoms with E-state index in [1.54, 1.807) is 37.3 Å². The minimum atomic E-state index is -0.597. The number of aryl methyl sites for hydroxylation is 1. The van der Waals surface area contributed by atoms with E-state index in [0.29, 0.717) is 16.9 Å². The first kappa shape index (κ1) is 18.4. The van der Waals surface area contributed by atoms with Gasteiger partial charge in [-0.15, -0.1) is 0 Å². The third-order valence-electron chi connectivity index (χ3n) is 4.61. The van der Waals surface area contributed by atoms with Crippen molar-refractivity contribution in [2.75, 3.05) is 5.32 Å². The van der Waals surface area contributed by atoms with E-state index in [9.17, 15) is 18.8 Å². The Kier molecular flexibility index (Phi) is 4.56. The van der Waals surface area contributed by atoms with Gasteiger partial charge >= 0.3 is 5.69 Å². The molecule has 0 atom stereocenters. The van der Waals surface area contributed by atoms with Crippen molar-refractivity contribution >= 4 is 22.5 Å². The molecule has 1 amide bonds. The number of anilines is 1. The lowest BCUT2D eigenvalue weighted by molar-refractivity contribution is 0.102. The second-order valence-corrected chi connectivity index (χ2v) is 6.58. The molecule has 0 saturated carbocycles. The molecule has 3 aromatic carbocycles. The van der Waals surface area contributed by atoms with E-state index in [4.69, 9.17) is 0 Å². The van der Waals surface area contributed by atoms with E-state index in [1.807, 2.05) is 0 Å². The Hall–Kier alpha value is -4.00. The van der Waals surface area contributed by atoms with Crippen LogP contribution in [-0.4, -0.2) is 15.5 Å². The number of amides is 1. The smallest absolute Gasteiger partial charge is 0.322 e. The molecule has 7 heteroatoms. The molecule has 0 aliphatic rings. The van der Waals surface area contributed by atoms with Crippen LogP contribution in [-0.2, 0) is 0 Å². The molecule has 1 heterocycles. The molecule has 0 aliphatic heterocycles. The Morgan fingerprint density at radius 2 is 1.76 bits per heavy atom. The summed E-state index contributed by atoms with van der Waals surface area (Å²) < 4.78 is 14.3. The van der Waals surface area contributed by atoms with Crippen LogP contribution in [0.4, 0.5) is 10.1 Å². The van der Waals surface area contributed by atoms with Crippen molar-refractivity contribution < 1.29 is 9.18 Å². The van der Waals surface area contributed by atoms with Crippen molar-refractivity contribution in [3.63, 3.8) is 0 Å². The quantitative estimate of drug-likeness (QED) is 0.563. The number of fused-ring (bicyclic) bond motifs is 1.